The Balaban J connectivity index is 2.02. The smallest absolute Gasteiger partial charge is 0.270 e. The summed E-state index contributed by atoms with van der Waals surface area (Å²) in [4.78, 5) is 15.7. The Labute approximate surface area is 102 Å². The van der Waals surface area contributed by atoms with Crippen LogP contribution >= 0.6 is 15.9 Å². The van der Waals surface area contributed by atoms with Gasteiger partial charge < -0.3 is 5.32 Å². The molecule has 5 heteroatoms. The minimum Gasteiger partial charge on any atom is -0.335 e. The van der Waals surface area contributed by atoms with E-state index in [1.165, 1.54) is 0 Å². The van der Waals surface area contributed by atoms with Crippen LogP contribution < -0.4 is 5.32 Å². The summed E-state index contributed by atoms with van der Waals surface area (Å²) >= 11 is 3.25. The van der Waals surface area contributed by atoms with E-state index in [1.807, 2.05) is 0 Å². The normalized spacial score (nSPS) is 16.2. The van der Waals surface area contributed by atoms with Gasteiger partial charge in [0.05, 0.1) is 6.07 Å². The van der Waals surface area contributed by atoms with E-state index in [0.717, 1.165) is 17.3 Å². The van der Waals surface area contributed by atoms with Crippen LogP contribution in [0.3, 0.4) is 0 Å². The van der Waals surface area contributed by atoms with Crippen LogP contribution in [0.1, 0.15) is 23.3 Å². The highest BCUT2D eigenvalue weighted by molar-refractivity contribution is 9.10. The summed E-state index contributed by atoms with van der Waals surface area (Å²) in [6.07, 6.45) is 3.60. The standard InChI is InChI=1S/C11H10BrN3O/c12-8-3-4-9(14-6-8)11(16)15-10(5-13)7-1-2-7/h3-4,6-7,10H,1-2H2,(H,15,16). The van der Waals surface area contributed by atoms with Crippen molar-refractivity contribution < 1.29 is 4.79 Å². The molecule has 0 saturated heterocycles. The van der Waals surface area contributed by atoms with Crippen LogP contribution in [0.15, 0.2) is 22.8 Å². The molecular formula is C11H10BrN3O. The van der Waals surface area contributed by atoms with E-state index in [2.05, 4.69) is 32.3 Å². The highest BCUT2D eigenvalue weighted by Crippen LogP contribution is 2.32. The van der Waals surface area contributed by atoms with E-state index < -0.39 is 0 Å². The number of nitrogens with zero attached hydrogens (tertiary/aromatic N) is 2. The van der Waals surface area contributed by atoms with Gasteiger partial charge >= 0.3 is 0 Å². The third-order valence-electron chi connectivity index (χ3n) is 2.48. The molecule has 82 valence electrons. The maximum absolute atomic E-state index is 11.7. The van der Waals surface area contributed by atoms with Crippen molar-refractivity contribution in [2.24, 2.45) is 5.92 Å². The van der Waals surface area contributed by atoms with Gasteiger partial charge in [-0.25, -0.2) is 4.98 Å². The first-order valence-corrected chi connectivity index (χ1v) is 5.82. The van der Waals surface area contributed by atoms with Crippen molar-refractivity contribution in [2.45, 2.75) is 18.9 Å². The lowest BCUT2D eigenvalue weighted by Gasteiger charge is -2.09. The van der Waals surface area contributed by atoms with Gasteiger partial charge in [-0.3, -0.25) is 4.79 Å². The number of rotatable bonds is 3. The minimum absolute atomic E-state index is 0.286. The second-order valence-corrected chi connectivity index (χ2v) is 4.69. The summed E-state index contributed by atoms with van der Waals surface area (Å²) in [6, 6.07) is 5.11. The highest BCUT2D eigenvalue weighted by atomic mass is 79.9. The van der Waals surface area contributed by atoms with Gasteiger partial charge in [0.15, 0.2) is 0 Å². The van der Waals surface area contributed by atoms with Crippen LogP contribution in [0.25, 0.3) is 0 Å². The van der Waals surface area contributed by atoms with Crippen molar-refractivity contribution in [3.05, 3.63) is 28.5 Å². The third kappa shape index (κ3) is 2.58. The Hall–Kier alpha value is -1.41. The molecule has 0 bridgehead atoms. The Kier molecular flexibility index (Phi) is 3.20. The fraction of sp³-hybridized carbons (Fsp3) is 0.364. The summed E-state index contributed by atoms with van der Waals surface area (Å²) in [7, 11) is 0. The van der Waals surface area contributed by atoms with Gasteiger partial charge in [-0.2, -0.15) is 5.26 Å². The molecule has 0 aliphatic heterocycles. The van der Waals surface area contributed by atoms with E-state index in [9.17, 15) is 4.79 Å². The van der Waals surface area contributed by atoms with Gasteiger partial charge in [-0.1, -0.05) is 0 Å². The molecule has 1 aromatic rings. The predicted molar refractivity (Wildman–Crippen MR) is 61.5 cm³/mol. The summed E-state index contributed by atoms with van der Waals surface area (Å²) in [5.41, 5.74) is 0.337. The molecule has 0 spiro atoms. The van der Waals surface area contributed by atoms with Gasteiger partial charge in [0.1, 0.15) is 11.7 Å². The van der Waals surface area contributed by atoms with Crippen LogP contribution in [0, 0.1) is 17.2 Å². The van der Waals surface area contributed by atoms with E-state index in [1.54, 1.807) is 18.3 Å². The van der Waals surface area contributed by atoms with Crippen LogP contribution in [0.5, 0.6) is 0 Å². The first-order valence-electron chi connectivity index (χ1n) is 5.03. The Morgan fingerprint density at radius 2 is 2.38 bits per heavy atom. The van der Waals surface area contributed by atoms with Crippen molar-refractivity contribution in [1.29, 1.82) is 5.26 Å². The molecule has 2 rings (SSSR count). The molecule has 1 saturated carbocycles. The number of halogens is 1. The molecule has 0 aromatic carbocycles. The number of hydrogen-bond acceptors (Lipinski definition) is 3. The number of nitrogens with one attached hydrogen (secondary N) is 1. The lowest BCUT2D eigenvalue weighted by Crippen LogP contribution is -2.35. The number of carbonyl (C=O) groups is 1. The maximum atomic E-state index is 11.7. The van der Waals surface area contributed by atoms with Crippen LogP contribution in [-0.4, -0.2) is 16.9 Å². The zero-order chi connectivity index (χ0) is 11.5. The molecule has 1 fully saturated rings. The molecule has 1 N–H and O–H groups in total. The lowest BCUT2D eigenvalue weighted by atomic mass is 10.2. The number of aromatic nitrogens is 1. The summed E-state index contributed by atoms with van der Waals surface area (Å²) in [5, 5.41) is 11.6. The Morgan fingerprint density at radius 3 is 2.88 bits per heavy atom. The summed E-state index contributed by atoms with van der Waals surface area (Å²) in [5.74, 6) is 0.0374. The number of nitriles is 1. The van der Waals surface area contributed by atoms with Crippen LogP contribution in [0.2, 0.25) is 0 Å². The van der Waals surface area contributed by atoms with Gasteiger partial charge in [0.25, 0.3) is 5.91 Å². The van der Waals surface area contributed by atoms with E-state index >= 15 is 0 Å². The monoisotopic (exact) mass is 279 g/mol. The molecule has 1 atom stereocenters. The Morgan fingerprint density at radius 1 is 1.62 bits per heavy atom. The summed E-state index contributed by atoms with van der Waals surface area (Å²) in [6.45, 7) is 0. The van der Waals surface area contributed by atoms with Crippen LogP contribution in [0.4, 0.5) is 0 Å². The van der Waals surface area contributed by atoms with Gasteiger partial charge in [-0.15, -0.1) is 0 Å². The molecule has 1 aliphatic rings. The third-order valence-corrected chi connectivity index (χ3v) is 2.95. The van der Waals surface area contributed by atoms with E-state index in [4.69, 9.17) is 5.26 Å². The molecule has 1 heterocycles. The molecule has 1 amide bonds. The highest BCUT2D eigenvalue weighted by Gasteiger charge is 2.32. The quantitative estimate of drug-likeness (QED) is 0.919. The molecule has 1 aromatic heterocycles. The largest absolute Gasteiger partial charge is 0.335 e. The predicted octanol–water partition coefficient (Wildman–Crippen LogP) is 1.88. The van der Waals surface area contributed by atoms with Crippen LogP contribution in [-0.2, 0) is 0 Å². The van der Waals surface area contributed by atoms with Crippen molar-refractivity contribution in [3.63, 3.8) is 0 Å². The van der Waals surface area contributed by atoms with Gasteiger partial charge in [0, 0.05) is 10.7 Å². The van der Waals surface area contributed by atoms with Gasteiger partial charge in [0.2, 0.25) is 0 Å². The number of carbonyl (C=O) groups excluding carboxylic acids is 1. The Bertz CT molecular complexity index is 434. The van der Waals surface area contributed by atoms with E-state index in [-0.39, 0.29) is 11.9 Å². The average molecular weight is 280 g/mol. The second-order valence-electron chi connectivity index (χ2n) is 3.78. The van der Waals surface area contributed by atoms with Crippen molar-refractivity contribution in [1.82, 2.24) is 10.3 Å². The zero-order valence-corrected chi connectivity index (χ0v) is 10.1. The lowest BCUT2D eigenvalue weighted by molar-refractivity contribution is 0.0937. The molecule has 4 nitrogen and oxygen atoms in total. The molecular weight excluding hydrogens is 270 g/mol. The second kappa shape index (κ2) is 4.62. The summed E-state index contributed by atoms with van der Waals surface area (Å²) < 4.78 is 0.822. The fourth-order valence-electron chi connectivity index (χ4n) is 1.41. The minimum atomic E-state index is -0.377. The molecule has 16 heavy (non-hydrogen) atoms. The zero-order valence-electron chi connectivity index (χ0n) is 8.48. The topological polar surface area (TPSA) is 65.8 Å². The fourth-order valence-corrected chi connectivity index (χ4v) is 1.64. The molecule has 1 unspecified atom stereocenters. The first kappa shape index (κ1) is 11.1. The van der Waals surface area contributed by atoms with Gasteiger partial charge in [-0.05, 0) is 46.8 Å². The van der Waals surface area contributed by atoms with Crippen molar-refractivity contribution in [2.75, 3.05) is 0 Å². The van der Waals surface area contributed by atoms with Crippen molar-refractivity contribution in [3.8, 4) is 6.07 Å². The number of amides is 1. The average Bonchev–Trinajstić information content (AvgIpc) is 3.10. The van der Waals surface area contributed by atoms with E-state index in [0.29, 0.717) is 11.6 Å². The molecule has 0 radical (unpaired) electrons. The molecule has 1 aliphatic carbocycles. The maximum Gasteiger partial charge on any atom is 0.270 e. The number of hydrogen-bond donors (Lipinski definition) is 1. The van der Waals surface area contributed by atoms with Crippen molar-refractivity contribution >= 4 is 21.8 Å². The number of pyridine rings is 1. The SMILES string of the molecule is N#CC(NC(=O)c1ccc(Br)cn1)C1CC1. The first-order chi connectivity index (χ1) is 7.70.